The summed E-state index contributed by atoms with van der Waals surface area (Å²) in [5, 5.41) is 23.0. The van der Waals surface area contributed by atoms with Crippen LogP contribution in [0.15, 0.2) is 35.9 Å². The molecule has 2 aliphatic rings. The van der Waals surface area contributed by atoms with E-state index in [0.717, 1.165) is 16.4 Å². The summed E-state index contributed by atoms with van der Waals surface area (Å²) in [7, 11) is 0. The van der Waals surface area contributed by atoms with Gasteiger partial charge in [-0.2, -0.15) is 0 Å². The van der Waals surface area contributed by atoms with Gasteiger partial charge in [0.05, 0.1) is 22.3 Å². The number of carbonyl (C=O) groups excluding carboxylic acids is 2. The maximum atomic E-state index is 12.9. The average molecular weight is 558 g/mol. The van der Waals surface area contributed by atoms with Crippen LogP contribution in [0.5, 0.6) is 5.75 Å². The summed E-state index contributed by atoms with van der Waals surface area (Å²) in [5.41, 5.74) is 0.422. The number of amides is 2. The smallest absolute Gasteiger partial charge is 0.247 e. The van der Waals surface area contributed by atoms with E-state index in [4.69, 9.17) is 14.6 Å². The van der Waals surface area contributed by atoms with Crippen molar-refractivity contribution < 1.29 is 29.3 Å². The topological polar surface area (TPSA) is 108 Å². The lowest BCUT2D eigenvalue weighted by atomic mass is 9.87. The second-order valence-corrected chi connectivity index (χ2v) is 9.14. The van der Waals surface area contributed by atoms with Gasteiger partial charge in [0.25, 0.3) is 0 Å². The zero-order valence-electron chi connectivity index (χ0n) is 18.2. The summed E-state index contributed by atoms with van der Waals surface area (Å²) >= 11 is 2.15. The van der Waals surface area contributed by atoms with Crippen LogP contribution in [-0.2, 0) is 14.3 Å². The molecule has 1 fully saturated rings. The van der Waals surface area contributed by atoms with E-state index in [1.807, 2.05) is 18.2 Å². The molecule has 3 rings (SSSR count). The van der Waals surface area contributed by atoms with Crippen molar-refractivity contribution >= 4 is 34.4 Å². The van der Waals surface area contributed by atoms with Gasteiger partial charge in [0.15, 0.2) is 0 Å². The number of nitrogens with zero attached hydrogens (tertiary/aromatic N) is 1. The highest BCUT2D eigenvalue weighted by atomic mass is 127. The summed E-state index contributed by atoms with van der Waals surface area (Å²) in [5.74, 6) is 0.152. The van der Waals surface area contributed by atoms with Crippen molar-refractivity contribution in [1.82, 2.24) is 10.2 Å². The number of nitrogens with one attached hydrogen (secondary N) is 1. The van der Waals surface area contributed by atoms with Gasteiger partial charge in [-0.3, -0.25) is 9.59 Å². The van der Waals surface area contributed by atoms with Crippen molar-refractivity contribution in [2.24, 2.45) is 0 Å². The number of para-hydroxylation sites is 1. The molecule has 176 valence electrons. The van der Waals surface area contributed by atoms with Crippen LogP contribution in [0.3, 0.4) is 0 Å². The maximum absolute atomic E-state index is 12.9. The van der Waals surface area contributed by atoms with Gasteiger partial charge in [-0.05, 0) is 53.6 Å². The molecule has 0 saturated carbocycles. The molecule has 32 heavy (non-hydrogen) atoms. The van der Waals surface area contributed by atoms with Crippen LogP contribution in [0, 0.1) is 3.57 Å². The van der Waals surface area contributed by atoms with Gasteiger partial charge in [0.2, 0.25) is 11.8 Å². The van der Waals surface area contributed by atoms with E-state index in [1.165, 1.54) is 0 Å². The van der Waals surface area contributed by atoms with Gasteiger partial charge in [0, 0.05) is 38.1 Å². The lowest BCUT2D eigenvalue weighted by Crippen LogP contribution is -2.56. The number of hydrogen-bond acceptors (Lipinski definition) is 6. The molecule has 0 aromatic heterocycles. The molecule has 1 heterocycles. The van der Waals surface area contributed by atoms with E-state index < -0.39 is 18.2 Å². The third kappa shape index (κ3) is 6.21. The lowest BCUT2D eigenvalue weighted by Gasteiger charge is -2.41. The summed E-state index contributed by atoms with van der Waals surface area (Å²) in [6.07, 6.45) is 2.00. The fourth-order valence-corrected chi connectivity index (χ4v) is 4.61. The van der Waals surface area contributed by atoms with Gasteiger partial charge >= 0.3 is 0 Å². The van der Waals surface area contributed by atoms with Crippen LogP contribution in [-0.4, -0.2) is 77.6 Å². The van der Waals surface area contributed by atoms with E-state index >= 15 is 0 Å². The van der Waals surface area contributed by atoms with Crippen LogP contribution in [0.2, 0.25) is 0 Å². The molecular weight excluding hydrogens is 527 g/mol. The molecule has 0 unspecified atom stereocenters. The molecule has 1 aromatic carbocycles. The first-order chi connectivity index (χ1) is 15.4. The Kier molecular flexibility index (Phi) is 9.33. The van der Waals surface area contributed by atoms with Crippen molar-refractivity contribution in [1.29, 1.82) is 0 Å². The van der Waals surface area contributed by atoms with Gasteiger partial charge in [-0.1, -0.05) is 19.1 Å². The van der Waals surface area contributed by atoms with E-state index in [9.17, 15) is 14.7 Å². The van der Waals surface area contributed by atoms with Crippen LogP contribution in [0.1, 0.15) is 32.6 Å². The largest absolute Gasteiger partial charge is 0.482 e. The number of ether oxygens (including phenoxy) is 2. The van der Waals surface area contributed by atoms with Gasteiger partial charge in [-0.25, -0.2) is 0 Å². The van der Waals surface area contributed by atoms with E-state index in [-0.39, 0.29) is 43.9 Å². The summed E-state index contributed by atoms with van der Waals surface area (Å²) in [6, 6.07) is 6.80. The number of aliphatic hydroxyl groups excluding tert-OH is 2. The van der Waals surface area contributed by atoms with Gasteiger partial charge in [0.1, 0.15) is 18.0 Å². The Morgan fingerprint density at radius 1 is 1.34 bits per heavy atom. The van der Waals surface area contributed by atoms with Crippen molar-refractivity contribution in [3.8, 4) is 5.75 Å². The quantitative estimate of drug-likeness (QED) is 0.398. The van der Waals surface area contributed by atoms with E-state index in [1.54, 1.807) is 24.0 Å². The first-order valence-corrected chi connectivity index (χ1v) is 12.1. The van der Waals surface area contributed by atoms with Crippen molar-refractivity contribution in [3.05, 3.63) is 39.5 Å². The maximum Gasteiger partial charge on any atom is 0.247 e. The minimum Gasteiger partial charge on any atom is -0.482 e. The molecule has 0 spiro atoms. The molecule has 9 heteroatoms. The number of carbonyl (C=O) groups is 2. The van der Waals surface area contributed by atoms with Crippen LogP contribution in [0.25, 0.3) is 0 Å². The Bertz CT molecular complexity index is 826. The zero-order chi connectivity index (χ0) is 23.1. The predicted molar refractivity (Wildman–Crippen MR) is 127 cm³/mol. The third-order valence-electron chi connectivity index (χ3n) is 5.76. The monoisotopic (exact) mass is 558 g/mol. The van der Waals surface area contributed by atoms with Crippen molar-refractivity contribution in [2.75, 3.05) is 26.3 Å². The number of aliphatic hydroxyl groups is 2. The first-order valence-electron chi connectivity index (χ1n) is 11.0. The Morgan fingerprint density at radius 3 is 2.78 bits per heavy atom. The molecule has 2 amide bonds. The van der Waals surface area contributed by atoms with E-state index in [2.05, 4.69) is 27.9 Å². The third-order valence-corrected chi connectivity index (χ3v) is 6.65. The highest BCUT2D eigenvalue weighted by molar-refractivity contribution is 14.1. The zero-order valence-corrected chi connectivity index (χ0v) is 20.4. The highest BCUT2D eigenvalue weighted by Gasteiger charge is 2.41. The highest BCUT2D eigenvalue weighted by Crippen LogP contribution is 2.30. The Morgan fingerprint density at radius 2 is 2.12 bits per heavy atom. The molecule has 1 aliphatic heterocycles. The Labute approximate surface area is 202 Å². The normalized spacial score (nSPS) is 25.2. The summed E-state index contributed by atoms with van der Waals surface area (Å²) in [6.45, 7) is 2.77. The minimum absolute atomic E-state index is 0.0790. The summed E-state index contributed by atoms with van der Waals surface area (Å²) < 4.78 is 12.7. The van der Waals surface area contributed by atoms with Crippen LogP contribution < -0.4 is 10.1 Å². The second kappa shape index (κ2) is 12.0. The van der Waals surface area contributed by atoms with Gasteiger partial charge in [-0.15, -0.1) is 0 Å². The average Bonchev–Trinajstić information content (AvgIpc) is 3.31. The second-order valence-electron chi connectivity index (χ2n) is 7.98. The SMILES string of the molecule is CCC(=O)N(C[C@@H]1CCCO1)[C@@H]1CC(C(=O)NCCO)=C[C@H](Oc2ccccc2I)[C@H]1O. The fraction of sp³-hybridized carbons (Fsp3) is 0.565. The molecule has 8 nitrogen and oxygen atoms in total. The number of hydrogen-bond donors (Lipinski definition) is 3. The molecule has 1 saturated heterocycles. The number of benzene rings is 1. The lowest BCUT2D eigenvalue weighted by molar-refractivity contribution is -0.140. The molecule has 1 aliphatic carbocycles. The first kappa shape index (κ1) is 24.9. The molecule has 1 aromatic rings. The van der Waals surface area contributed by atoms with Gasteiger partial charge < -0.3 is 29.9 Å². The van der Waals surface area contributed by atoms with Crippen molar-refractivity contribution in [2.45, 2.75) is 57.0 Å². The van der Waals surface area contributed by atoms with Crippen LogP contribution >= 0.6 is 22.6 Å². The Balaban J connectivity index is 1.89. The van der Waals surface area contributed by atoms with Crippen LogP contribution in [0.4, 0.5) is 0 Å². The van der Waals surface area contributed by atoms with Crippen molar-refractivity contribution in [3.63, 3.8) is 0 Å². The fourth-order valence-electron chi connectivity index (χ4n) is 4.10. The minimum atomic E-state index is -1.02. The molecule has 4 atom stereocenters. The molecule has 0 bridgehead atoms. The summed E-state index contributed by atoms with van der Waals surface area (Å²) in [4.78, 5) is 27.3. The molecule has 0 radical (unpaired) electrons. The predicted octanol–water partition coefficient (Wildman–Crippen LogP) is 1.62. The standard InChI is InChI=1S/C23H31IN2O6/c1-2-21(28)26(14-16-6-5-11-31-16)18-12-15(23(30)25-9-10-27)13-20(22(18)29)32-19-8-4-3-7-17(19)24/h3-4,7-8,13,16,18,20,22,27,29H,2,5-6,9-12,14H2,1H3,(H,25,30)/t16-,18+,20-,22-/m0/s1. The van der Waals surface area contributed by atoms with E-state index in [0.29, 0.717) is 24.5 Å². The molecule has 3 N–H and O–H groups in total. The molecular formula is C23H31IN2O6. The number of halogens is 1. The Hall–Kier alpha value is -1.69. The number of rotatable bonds is 9.